The Morgan fingerprint density at radius 2 is 2.09 bits per heavy atom. The number of methoxy groups -OCH3 is 1. The summed E-state index contributed by atoms with van der Waals surface area (Å²) < 4.78 is 12.1. The molecule has 22 heavy (non-hydrogen) atoms. The molecule has 0 amide bonds. The lowest BCUT2D eigenvalue weighted by molar-refractivity contribution is 0.0592. The number of hydrogen-bond donors (Lipinski definition) is 0. The van der Waals surface area contributed by atoms with Gasteiger partial charge in [-0.2, -0.15) is 5.10 Å². The number of carbonyl (C=O) groups is 1. The first kappa shape index (κ1) is 12.6. The number of benzene rings is 1. The zero-order chi connectivity index (χ0) is 15.1. The highest BCUT2D eigenvalue weighted by Gasteiger charge is 2.15. The van der Waals surface area contributed by atoms with Crippen LogP contribution in [0.2, 0.25) is 0 Å². The van der Waals surface area contributed by atoms with Crippen LogP contribution < -0.4 is 0 Å². The van der Waals surface area contributed by atoms with Crippen molar-refractivity contribution in [3.8, 4) is 11.5 Å². The van der Waals surface area contributed by atoms with E-state index in [1.54, 1.807) is 22.8 Å². The van der Waals surface area contributed by atoms with Gasteiger partial charge < -0.3 is 9.15 Å². The highest BCUT2D eigenvalue weighted by Crippen LogP contribution is 2.27. The predicted molar refractivity (Wildman–Crippen MR) is 79.5 cm³/mol. The van der Waals surface area contributed by atoms with Gasteiger partial charge in [0, 0.05) is 5.39 Å². The summed E-state index contributed by atoms with van der Waals surface area (Å²) in [6.45, 7) is 0. The van der Waals surface area contributed by atoms with E-state index in [4.69, 9.17) is 9.15 Å². The van der Waals surface area contributed by atoms with Crippen LogP contribution in [-0.2, 0) is 4.74 Å². The van der Waals surface area contributed by atoms with Crippen LogP contribution >= 0.6 is 0 Å². The molecular formula is C16H11N3O3. The molecule has 0 bridgehead atoms. The smallest absolute Gasteiger partial charge is 0.358 e. The van der Waals surface area contributed by atoms with E-state index in [1.807, 2.05) is 30.3 Å². The van der Waals surface area contributed by atoms with Crippen LogP contribution in [0, 0.1) is 0 Å². The molecule has 0 unspecified atom stereocenters. The topological polar surface area (TPSA) is 69.6 Å². The Labute approximate surface area is 124 Å². The van der Waals surface area contributed by atoms with E-state index in [0.29, 0.717) is 17.1 Å². The van der Waals surface area contributed by atoms with Crippen LogP contribution in [-0.4, -0.2) is 27.7 Å². The van der Waals surface area contributed by atoms with Crippen LogP contribution in [0.15, 0.2) is 53.1 Å². The second-order valence-corrected chi connectivity index (χ2v) is 4.77. The first-order valence-corrected chi connectivity index (χ1v) is 6.68. The zero-order valence-electron chi connectivity index (χ0n) is 11.7. The molecule has 4 rings (SSSR count). The molecule has 6 nitrogen and oxygen atoms in total. The molecule has 0 atom stereocenters. The second-order valence-electron chi connectivity index (χ2n) is 4.77. The molecular weight excluding hydrogens is 282 g/mol. The van der Waals surface area contributed by atoms with Gasteiger partial charge in [-0.1, -0.05) is 18.2 Å². The molecule has 1 aromatic carbocycles. The number of imidazole rings is 1. The number of rotatable bonds is 2. The van der Waals surface area contributed by atoms with E-state index < -0.39 is 5.97 Å². The van der Waals surface area contributed by atoms with Crippen molar-refractivity contribution in [3.63, 3.8) is 0 Å². The van der Waals surface area contributed by atoms with Gasteiger partial charge >= 0.3 is 5.97 Å². The fraction of sp³-hybridized carbons (Fsp3) is 0.0625. The van der Waals surface area contributed by atoms with Crippen molar-refractivity contribution < 1.29 is 13.9 Å². The standard InChI is InChI=1S/C16H11N3O3/c1-21-16(20)11-6-7-15-17-9-12(19(15)18-11)14-8-10-4-2-3-5-13(10)22-14/h2-9H,1H3. The molecule has 0 aliphatic heterocycles. The van der Waals surface area contributed by atoms with Crippen molar-refractivity contribution in [2.45, 2.75) is 0 Å². The molecule has 4 aromatic rings. The third-order valence-electron chi connectivity index (χ3n) is 3.43. The van der Waals surface area contributed by atoms with E-state index in [9.17, 15) is 4.79 Å². The van der Waals surface area contributed by atoms with Gasteiger partial charge in [-0.3, -0.25) is 0 Å². The molecule has 3 heterocycles. The molecule has 108 valence electrons. The Hall–Kier alpha value is -3.15. The molecule has 0 N–H and O–H groups in total. The van der Waals surface area contributed by atoms with Crippen molar-refractivity contribution in [2.75, 3.05) is 7.11 Å². The van der Waals surface area contributed by atoms with E-state index in [-0.39, 0.29) is 5.69 Å². The largest absolute Gasteiger partial charge is 0.464 e. The summed E-state index contributed by atoms with van der Waals surface area (Å²) in [5.41, 5.74) is 2.31. The van der Waals surface area contributed by atoms with Crippen molar-refractivity contribution in [2.24, 2.45) is 0 Å². The van der Waals surface area contributed by atoms with Crippen LogP contribution in [0.1, 0.15) is 10.5 Å². The summed E-state index contributed by atoms with van der Waals surface area (Å²) in [4.78, 5) is 15.9. The molecule has 0 saturated carbocycles. The summed E-state index contributed by atoms with van der Waals surface area (Å²) in [7, 11) is 1.32. The first-order chi connectivity index (χ1) is 10.8. The molecule has 0 spiro atoms. The minimum Gasteiger partial charge on any atom is -0.464 e. The lowest BCUT2D eigenvalue weighted by atomic mass is 10.2. The molecule has 0 radical (unpaired) electrons. The molecule has 0 fully saturated rings. The van der Waals surface area contributed by atoms with Crippen molar-refractivity contribution in [3.05, 3.63) is 54.4 Å². The van der Waals surface area contributed by atoms with Crippen LogP contribution in [0.4, 0.5) is 0 Å². The van der Waals surface area contributed by atoms with Crippen molar-refractivity contribution in [1.29, 1.82) is 0 Å². The average molecular weight is 293 g/mol. The molecule has 6 heteroatoms. The van der Waals surface area contributed by atoms with Gasteiger partial charge in [-0.15, -0.1) is 0 Å². The van der Waals surface area contributed by atoms with Crippen molar-refractivity contribution in [1.82, 2.24) is 14.6 Å². The Kier molecular flexibility index (Phi) is 2.69. The first-order valence-electron chi connectivity index (χ1n) is 6.68. The minimum atomic E-state index is -0.494. The lowest BCUT2D eigenvalue weighted by Crippen LogP contribution is -2.07. The number of para-hydroxylation sites is 1. The lowest BCUT2D eigenvalue weighted by Gasteiger charge is -2.01. The van der Waals surface area contributed by atoms with E-state index in [1.165, 1.54) is 7.11 Å². The number of aromatic nitrogens is 3. The van der Waals surface area contributed by atoms with E-state index in [2.05, 4.69) is 10.1 Å². The maximum atomic E-state index is 11.6. The quantitative estimate of drug-likeness (QED) is 0.531. The highest BCUT2D eigenvalue weighted by molar-refractivity contribution is 5.87. The number of nitrogens with zero attached hydrogens (tertiary/aromatic N) is 3. The van der Waals surface area contributed by atoms with Crippen molar-refractivity contribution >= 4 is 22.6 Å². The fourth-order valence-electron chi connectivity index (χ4n) is 2.36. The summed E-state index contributed by atoms with van der Waals surface area (Å²) in [6.07, 6.45) is 1.67. The van der Waals surface area contributed by atoms with Gasteiger partial charge in [0.15, 0.2) is 17.1 Å². The second kappa shape index (κ2) is 4.70. The molecule has 0 saturated heterocycles. The molecule has 0 aliphatic carbocycles. The number of ether oxygens (including phenoxy) is 1. The predicted octanol–water partition coefficient (Wildman–Crippen LogP) is 2.93. The third-order valence-corrected chi connectivity index (χ3v) is 3.43. The Morgan fingerprint density at radius 1 is 1.23 bits per heavy atom. The van der Waals surface area contributed by atoms with E-state index >= 15 is 0 Å². The Bertz CT molecular complexity index is 967. The highest BCUT2D eigenvalue weighted by atomic mass is 16.5. The van der Waals surface area contributed by atoms with Gasteiger partial charge in [0.2, 0.25) is 0 Å². The van der Waals surface area contributed by atoms with Gasteiger partial charge in [-0.05, 0) is 24.3 Å². The molecule has 0 aliphatic rings. The molecule has 3 aromatic heterocycles. The van der Waals surface area contributed by atoms with E-state index in [0.717, 1.165) is 11.0 Å². The Morgan fingerprint density at radius 3 is 2.91 bits per heavy atom. The van der Waals surface area contributed by atoms with Gasteiger partial charge in [0.05, 0.1) is 13.3 Å². The Balaban J connectivity index is 1.92. The number of carbonyl (C=O) groups excluding carboxylic acids is 1. The van der Waals surface area contributed by atoms with Gasteiger partial charge in [-0.25, -0.2) is 14.3 Å². The third kappa shape index (κ3) is 1.85. The minimum absolute atomic E-state index is 0.213. The fourth-order valence-corrected chi connectivity index (χ4v) is 2.36. The number of esters is 1. The summed E-state index contributed by atoms with van der Waals surface area (Å²) >= 11 is 0. The number of furan rings is 1. The maximum Gasteiger partial charge on any atom is 0.358 e. The monoisotopic (exact) mass is 293 g/mol. The van der Waals surface area contributed by atoms with Crippen LogP contribution in [0.25, 0.3) is 28.1 Å². The SMILES string of the molecule is COC(=O)c1ccc2ncc(-c3cc4ccccc4o3)n2n1. The maximum absolute atomic E-state index is 11.6. The van der Waals surface area contributed by atoms with Gasteiger partial charge in [0.25, 0.3) is 0 Å². The van der Waals surface area contributed by atoms with Crippen LogP contribution in [0.5, 0.6) is 0 Å². The normalized spacial score (nSPS) is 11.1. The zero-order valence-corrected chi connectivity index (χ0v) is 11.7. The average Bonchev–Trinajstić information content (AvgIpc) is 3.16. The summed E-state index contributed by atoms with van der Waals surface area (Å²) in [5, 5.41) is 5.27. The van der Waals surface area contributed by atoms with Crippen LogP contribution in [0.3, 0.4) is 0 Å². The van der Waals surface area contributed by atoms with Gasteiger partial charge in [0.1, 0.15) is 11.3 Å². The summed E-state index contributed by atoms with van der Waals surface area (Å²) in [5.74, 6) is 0.148. The number of hydrogen-bond acceptors (Lipinski definition) is 5. The number of fused-ring (bicyclic) bond motifs is 2. The summed E-state index contributed by atoms with van der Waals surface area (Å²) in [6, 6.07) is 12.9.